The van der Waals surface area contributed by atoms with E-state index in [-0.39, 0.29) is 36.5 Å². The number of hydrogen-bond acceptors (Lipinski definition) is 10. The Balaban J connectivity index is 0.000000256. The molecule has 0 saturated heterocycles. The standard InChI is InChI=1S/C33H41NO3.C30H45NO2.C24H34N2O.C24H36N2/c1-27(23-24-34-33(36)37-26-31-15-9-4-10-16-31)25-32(35)22-21-30(19-17-28-11-5-2-6-12-28)20-18-29-13-7-3-8-14-29;1-25(23-24-31-29(32)33-30(2,3)4)13-11-12-18-28(21-19-26-14-7-5-8-15-26)22-20-27-16-9-6-10-17-27;25-18-17-23(26)19-24(27)16-15-22(13-11-20-7-3-1-4-8-20)14-12-21-9-5-2-6-10-21;25-20-19-24(26)14-8-7-13-23(17-15-21-9-3-1-4-10-21)18-16-22-11-5-2-6-12-22/h2-16,27,30H,17-26H2,1H3,(H,34,36);5-10,14-17,25,28H,11-13,18-24H2,1-4H3,(H,31,32);1-10,22-23H,11-19,25-26H2;1-6,9-12,23-24H,7-8,13-20,25-26H2/t27-;25-;23-;24-/m0101/s1. The minimum absolute atomic E-state index is 0.0883. The molecule has 0 heterocycles. The lowest BCUT2D eigenvalue weighted by Crippen LogP contribution is -2.33. The average molecular weight is 1670 g/mol. The van der Waals surface area contributed by atoms with Gasteiger partial charge < -0.3 is 43.0 Å². The van der Waals surface area contributed by atoms with E-state index in [9.17, 15) is 19.2 Å². The van der Waals surface area contributed by atoms with Crippen LogP contribution in [0.3, 0.4) is 0 Å². The molecular formula is C111H156N6O6. The van der Waals surface area contributed by atoms with Gasteiger partial charge in [0.15, 0.2) is 0 Å². The Morgan fingerprint density at radius 1 is 0.293 bits per heavy atom. The first-order valence-corrected chi connectivity index (χ1v) is 47.0. The van der Waals surface area contributed by atoms with Crippen molar-refractivity contribution in [2.24, 2.45) is 58.4 Å². The summed E-state index contributed by atoms with van der Waals surface area (Å²) in [6.07, 6.45) is 35.4. The maximum atomic E-state index is 12.8. The third-order valence-corrected chi connectivity index (χ3v) is 23.7. The molecule has 0 aliphatic heterocycles. The number of rotatable bonds is 56. The lowest BCUT2D eigenvalue weighted by Gasteiger charge is -2.20. The number of nitrogens with one attached hydrogen (secondary N) is 2. The number of ether oxygens (including phenoxy) is 2. The number of carbonyl (C=O) groups excluding carboxylic acids is 4. The number of carbonyl (C=O) groups is 4. The summed E-state index contributed by atoms with van der Waals surface area (Å²) in [5, 5.41) is 5.68. The fourth-order valence-electron chi connectivity index (χ4n) is 16.1. The van der Waals surface area contributed by atoms with Crippen LogP contribution in [0.5, 0.6) is 0 Å². The van der Waals surface area contributed by atoms with Gasteiger partial charge in [0.05, 0.1) is 0 Å². The maximum absolute atomic E-state index is 12.8. The van der Waals surface area contributed by atoms with Crippen molar-refractivity contribution in [2.75, 3.05) is 26.2 Å². The lowest BCUT2D eigenvalue weighted by molar-refractivity contribution is -0.120. The first-order chi connectivity index (χ1) is 59.8. The molecular weight excluding hydrogens is 1510 g/mol. The van der Waals surface area contributed by atoms with Gasteiger partial charge in [0.25, 0.3) is 0 Å². The van der Waals surface area contributed by atoms with E-state index >= 15 is 0 Å². The normalized spacial score (nSPS) is 12.2. The fraction of sp³-hybridized carbons (Fsp3) is 0.477. The highest BCUT2D eigenvalue weighted by atomic mass is 16.6. The second-order valence-corrected chi connectivity index (χ2v) is 35.7. The van der Waals surface area contributed by atoms with Gasteiger partial charge in [-0.3, -0.25) is 9.59 Å². The van der Waals surface area contributed by atoms with Crippen molar-refractivity contribution in [2.45, 2.75) is 277 Å². The van der Waals surface area contributed by atoms with Gasteiger partial charge in [0.1, 0.15) is 23.8 Å². The van der Waals surface area contributed by atoms with E-state index in [1.54, 1.807) is 0 Å². The summed E-state index contributed by atoms with van der Waals surface area (Å²) in [6.45, 7) is 12.8. The molecule has 0 aliphatic rings. The highest BCUT2D eigenvalue weighted by Gasteiger charge is 2.20. The second-order valence-electron chi connectivity index (χ2n) is 35.7. The van der Waals surface area contributed by atoms with E-state index < -0.39 is 11.7 Å². The minimum Gasteiger partial charge on any atom is -0.445 e. The van der Waals surface area contributed by atoms with E-state index in [0.717, 1.165) is 114 Å². The Kier molecular flexibility index (Phi) is 53.7. The monoisotopic (exact) mass is 1670 g/mol. The Hall–Kier alpha value is -9.30. The van der Waals surface area contributed by atoms with Gasteiger partial charge in [0, 0.05) is 50.9 Å². The lowest BCUT2D eigenvalue weighted by atomic mass is 9.88. The fourth-order valence-corrected chi connectivity index (χ4v) is 16.1. The Morgan fingerprint density at radius 3 is 0.862 bits per heavy atom. The average Bonchev–Trinajstić information content (AvgIpc) is 0.929. The van der Waals surface area contributed by atoms with Gasteiger partial charge in [0.2, 0.25) is 0 Å². The zero-order chi connectivity index (χ0) is 87.8. The summed E-state index contributed by atoms with van der Waals surface area (Å²) in [5.41, 5.74) is 35.0. The van der Waals surface area contributed by atoms with Gasteiger partial charge in [-0.1, -0.05) is 332 Å². The van der Waals surface area contributed by atoms with E-state index in [2.05, 4.69) is 267 Å². The molecule has 9 aromatic carbocycles. The molecule has 2 amide bonds. The van der Waals surface area contributed by atoms with Crippen LogP contribution in [-0.2, 0) is 77.0 Å². The quantitative estimate of drug-likeness (QED) is 0.0198. The van der Waals surface area contributed by atoms with Crippen LogP contribution in [0.4, 0.5) is 9.59 Å². The first kappa shape index (κ1) is 102. The predicted octanol–water partition coefficient (Wildman–Crippen LogP) is 24.9. The molecule has 0 unspecified atom stereocenters. The number of aryl methyl sites for hydroxylation is 8. The zero-order valence-corrected chi connectivity index (χ0v) is 75.9. The molecule has 4 atom stereocenters. The summed E-state index contributed by atoms with van der Waals surface area (Å²) < 4.78 is 10.6. The summed E-state index contributed by atoms with van der Waals surface area (Å²) >= 11 is 0. The molecule has 0 spiro atoms. The molecule has 12 heteroatoms. The van der Waals surface area contributed by atoms with Crippen molar-refractivity contribution in [1.82, 2.24) is 10.6 Å². The molecule has 12 nitrogen and oxygen atoms in total. The topological polar surface area (TPSA) is 215 Å². The molecule has 0 fully saturated rings. The molecule has 0 saturated carbocycles. The SMILES string of the molecule is C[C@@H](CCNC(=O)OCc1ccccc1)CC(=O)CCC(CCc1ccccc1)CCc1ccccc1.C[C@H](CCCCC(CCc1ccccc1)CCc1ccccc1)CCNC(=O)OC(C)(C)C.NCC[C@H](N)CC(=O)CCC(CCc1ccccc1)CCc1ccccc1.NCC[C@H](N)CCCCC(CCc1ccccc1)CCc1ccccc1. The summed E-state index contributed by atoms with van der Waals surface area (Å²) in [6, 6.07) is 95.9. The van der Waals surface area contributed by atoms with Crippen LogP contribution >= 0.6 is 0 Å². The van der Waals surface area contributed by atoms with Crippen LogP contribution in [0.25, 0.3) is 0 Å². The molecule has 10 N–H and O–H groups in total. The third kappa shape index (κ3) is 52.2. The molecule has 9 aromatic rings. The number of unbranched alkanes of at least 4 members (excludes halogenated alkanes) is 2. The smallest absolute Gasteiger partial charge is 0.407 e. The highest BCUT2D eigenvalue weighted by molar-refractivity contribution is 5.79. The molecule has 666 valence electrons. The minimum atomic E-state index is -0.437. The number of alkyl carbamates (subject to hydrolysis) is 2. The van der Waals surface area contributed by atoms with Crippen molar-refractivity contribution < 1.29 is 28.7 Å². The van der Waals surface area contributed by atoms with E-state index in [1.807, 2.05) is 51.1 Å². The number of nitrogens with two attached hydrogens (primary N) is 4. The van der Waals surface area contributed by atoms with E-state index in [1.165, 1.54) is 141 Å². The number of benzene rings is 9. The summed E-state index contributed by atoms with van der Waals surface area (Å²) in [7, 11) is 0. The zero-order valence-electron chi connectivity index (χ0n) is 75.9. The van der Waals surface area contributed by atoms with Gasteiger partial charge in [-0.2, -0.15) is 0 Å². The number of hydrogen-bond donors (Lipinski definition) is 6. The van der Waals surface area contributed by atoms with Gasteiger partial charge in [-0.15, -0.1) is 0 Å². The number of amides is 2. The van der Waals surface area contributed by atoms with Crippen LogP contribution in [0.1, 0.15) is 252 Å². The van der Waals surface area contributed by atoms with E-state index in [4.69, 9.17) is 32.4 Å². The van der Waals surface area contributed by atoms with E-state index in [0.29, 0.717) is 75.4 Å². The number of Topliss-reactive ketones (excluding diaryl/α,β-unsaturated/α-hetero) is 2. The largest absolute Gasteiger partial charge is 0.445 e. The Morgan fingerprint density at radius 2 is 0.553 bits per heavy atom. The van der Waals surface area contributed by atoms with Crippen LogP contribution in [0, 0.1) is 35.5 Å². The van der Waals surface area contributed by atoms with Gasteiger partial charge >= 0.3 is 12.2 Å². The molecule has 0 radical (unpaired) electrons. The predicted molar refractivity (Wildman–Crippen MR) is 516 cm³/mol. The summed E-state index contributed by atoms with van der Waals surface area (Å²) in [5.74, 6) is 4.10. The molecule has 0 aromatic heterocycles. The van der Waals surface area contributed by atoms with Crippen molar-refractivity contribution >= 4 is 23.8 Å². The van der Waals surface area contributed by atoms with Crippen molar-refractivity contribution in [1.29, 1.82) is 0 Å². The van der Waals surface area contributed by atoms with Gasteiger partial charge in [-0.05, 0) is 267 Å². The molecule has 0 bridgehead atoms. The maximum Gasteiger partial charge on any atom is 0.407 e. The number of ketones is 2. The highest BCUT2D eigenvalue weighted by Crippen LogP contribution is 2.29. The van der Waals surface area contributed by atoms with Crippen LogP contribution in [-0.4, -0.2) is 67.6 Å². The Bertz CT molecular complexity index is 3890. The van der Waals surface area contributed by atoms with Crippen molar-refractivity contribution in [3.8, 4) is 0 Å². The molecule has 123 heavy (non-hydrogen) atoms. The molecule has 9 rings (SSSR count). The van der Waals surface area contributed by atoms with Crippen LogP contribution in [0.15, 0.2) is 273 Å². The third-order valence-electron chi connectivity index (χ3n) is 23.7. The van der Waals surface area contributed by atoms with Crippen LogP contribution < -0.4 is 33.6 Å². The summed E-state index contributed by atoms with van der Waals surface area (Å²) in [4.78, 5) is 48.7. The van der Waals surface area contributed by atoms with Crippen molar-refractivity contribution in [3.05, 3.63) is 323 Å². The first-order valence-electron chi connectivity index (χ1n) is 47.0. The Labute approximate surface area is 743 Å². The van der Waals surface area contributed by atoms with Crippen LogP contribution in [0.2, 0.25) is 0 Å². The molecule has 0 aliphatic carbocycles. The van der Waals surface area contributed by atoms with Gasteiger partial charge in [-0.25, -0.2) is 9.59 Å². The van der Waals surface area contributed by atoms with Crippen molar-refractivity contribution in [3.63, 3.8) is 0 Å². The second kappa shape index (κ2) is 64.5.